The number of hydrogen-bond acceptors (Lipinski definition) is 4. The first-order chi connectivity index (χ1) is 9.29. The lowest BCUT2D eigenvalue weighted by Gasteiger charge is -2.17. The normalized spacial score (nSPS) is 18.8. The molecule has 1 unspecified atom stereocenters. The van der Waals surface area contributed by atoms with Crippen molar-refractivity contribution >= 4 is 33.9 Å². The molecule has 1 aromatic carbocycles. The lowest BCUT2D eigenvalue weighted by Crippen LogP contribution is -2.48. The zero-order valence-electron chi connectivity index (χ0n) is 10.9. The van der Waals surface area contributed by atoms with Crippen molar-refractivity contribution in [1.82, 2.24) is 5.32 Å². The van der Waals surface area contributed by atoms with Gasteiger partial charge in [0.25, 0.3) is 5.91 Å². The molecule has 0 bridgehead atoms. The van der Waals surface area contributed by atoms with Crippen LogP contribution in [0, 0.1) is 13.8 Å². The standard InChI is InChI=1S/C12H13N3O4S/c1-7-3-4-9(5-8(7)2)15-20(18,19)10-6-13-12(17)14-11(10)16/h3-6,10,15H,1-2H3,(H,14,16,17). The Hall–Kier alpha value is -2.22. The number of sulfonamides is 1. The first-order valence-electron chi connectivity index (χ1n) is 5.77. The van der Waals surface area contributed by atoms with Crippen LogP contribution in [0.5, 0.6) is 0 Å². The van der Waals surface area contributed by atoms with Crippen LogP contribution in [0.3, 0.4) is 0 Å². The summed E-state index contributed by atoms with van der Waals surface area (Å²) in [4.78, 5) is 25.6. The van der Waals surface area contributed by atoms with E-state index in [-0.39, 0.29) is 0 Å². The van der Waals surface area contributed by atoms with Gasteiger partial charge in [0.1, 0.15) is 0 Å². The number of nitrogens with one attached hydrogen (secondary N) is 2. The van der Waals surface area contributed by atoms with Crippen LogP contribution in [-0.4, -0.2) is 31.8 Å². The molecule has 2 rings (SSSR count). The van der Waals surface area contributed by atoms with E-state index < -0.39 is 27.2 Å². The lowest BCUT2D eigenvalue weighted by molar-refractivity contribution is -0.118. The van der Waals surface area contributed by atoms with Crippen LogP contribution in [0.25, 0.3) is 0 Å². The third-order valence-corrected chi connectivity index (χ3v) is 4.44. The number of carbonyl (C=O) groups excluding carboxylic acids is 2. The summed E-state index contributed by atoms with van der Waals surface area (Å²) in [5.74, 6) is -0.915. The van der Waals surface area contributed by atoms with E-state index in [1.165, 1.54) is 0 Å². The molecule has 1 aliphatic heterocycles. The number of hydrogen-bond donors (Lipinski definition) is 2. The number of amides is 3. The highest BCUT2D eigenvalue weighted by Gasteiger charge is 2.35. The number of carbonyl (C=O) groups is 2. The third-order valence-electron chi connectivity index (χ3n) is 2.92. The van der Waals surface area contributed by atoms with E-state index in [9.17, 15) is 18.0 Å². The molecule has 1 aromatic rings. The molecule has 8 heteroatoms. The van der Waals surface area contributed by atoms with E-state index in [1.807, 2.05) is 19.2 Å². The van der Waals surface area contributed by atoms with Crippen molar-refractivity contribution in [2.75, 3.05) is 4.72 Å². The molecule has 2 N–H and O–H groups in total. The zero-order chi connectivity index (χ0) is 14.9. The predicted octanol–water partition coefficient (Wildman–Crippen LogP) is 0.734. The van der Waals surface area contributed by atoms with E-state index in [1.54, 1.807) is 18.2 Å². The number of nitrogens with zero attached hydrogens (tertiary/aromatic N) is 1. The highest BCUT2D eigenvalue weighted by Crippen LogP contribution is 2.17. The molecule has 1 atom stereocenters. The number of benzene rings is 1. The summed E-state index contributed by atoms with van der Waals surface area (Å²) in [7, 11) is -4.00. The summed E-state index contributed by atoms with van der Waals surface area (Å²) in [5.41, 5.74) is 2.30. The summed E-state index contributed by atoms with van der Waals surface area (Å²) in [6, 6.07) is 4.16. The van der Waals surface area contributed by atoms with Crippen LogP contribution < -0.4 is 10.0 Å². The molecule has 106 valence electrons. The third kappa shape index (κ3) is 2.85. The number of imide groups is 1. The van der Waals surface area contributed by atoms with Gasteiger partial charge < -0.3 is 0 Å². The summed E-state index contributed by atoms with van der Waals surface area (Å²) >= 11 is 0. The van der Waals surface area contributed by atoms with E-state index in [4.69, 9.17) is 0 Å². The fourth-order valence-electron chi connectivity index (χ4n) is 1.67. The topological polar surface area (TPSA) is 105 Å². The van der Waals surface area contributed by atoms with Gasteiger partial charge in [-0.15, -0.1) is 0 Å². The smallest absolute Gasteiger partial charge is 0.283 e. The molecule has 1 heterocycles. The molecule has 1 aliphatic rings. The summed E-state index contributed by atoms with van der Waals surface area (Å²) in [5, 5.41) is 0.321. The second kappa shape index (κ2) is 5.04. The molecule has 0 fully saturated rings. The fraction of sp³-hybridized carbons (Fsp3) is 0.250. The van der Waals surface area contributed by atoms with Gasteiger partial charge in [-0.05, 0) is 37.1 Å². The fourth-order valence-corrected chi connectivity index (χ4v) is 2.81. The monoisotopic (exact) mass is 295 g/mol. The number of anilines is 1. The number of rotatable bonds is 3. The van der Waals surface area contributed by atoms with Gasteiger partial charge >= 0.3 is 6.03 Å². The Balaban J connectivity index is 2.27. The van der Waals surface area contributed by atoms with Gasteiger partial charge in [-0.2, -0.15) is 0 Å². The van der Waals surface area contributed by atoms with Gasteiger partial charge in [0.2, 0.25) is 10.0 Å². The van der Waals surface area contributed by atoms with Crippen molar-refractivity contribution in [3.05, 3.63) is 29.3 Å². The summed E-state index contributed by atoms with van der Waals surface area (Å²) in [6.45, 7) is 3.75. The molecule has 0 radical (unpaired) electrons. The highest BCUT2D eigenvalue weighted by atomic mass is 32.2. The SMILES string of the molecule is Cc1ccc(NS(=O)(=O)C2C=NC(=O)NC2=O)cc1C. The molecule has 0 aromatic heterocycles. The zero-order valence-corrected chi connectivity index (χ0v) is 11.7. The molecular weight excluding hydrogens is 282 g/mol. The molecule has 0 saturated heterocycles. The average Bonchev–Trinajstić information content (AvgIpc) is 2.33. The van der Waals surface area contributed by atoms with Crippen LogP contribution in [0.2, 0.25) is 0 Å². The number of urea groups is 1. The molecule has 3 amide bonds. The predicted molar refractivity (Wildman–Crippen MR) is 74.3 cm³/mol. The molecule has 0 spiro atoms. The van der Waals surface area contributed by atoms with Gasteiger partial charge in [0.05, 0.1) is 0 Å². The Morgan fingerprint density at radius 1 is 1.20 bits per heavy atom. The Bertz CT molecular complexity index is 709. The van der Waals surface area contributed by atoms with Crippen LogP contribution in [-0.2, 0) is 14.8 Å². The molecule has 0 aliphatic carbocycles. The Labute approximate surface area is 116 Å². The Morgan fingerprint density at radius 3 is 2.50 bits per heavy atom. The van der Waals surface area contributed by atoms with Crippen molar-refractivity contribution in [3.63, 3.8) is 0 Å². The van der Waals surface area contributed by atoms with Gasteiger partial charge in [-0.3, -0.25) is 14.8 Å². The minimum Gasteiger partial charge on any atom is -0.283 e. The minimum atomic E-state index is -4.00. The maximum atomic E-state index is 12.1. The van der Waals surface area contributed by atoms with Gasteiger partial charge in [-0.25, -0.2) is 18.2 Å². The van der Waals surface area contributed by atoms with Crippen molar-refractivity contribution in [2.45, 2.75) is 19.1 Å². The molecular formula is C12H13N3O4S. The molecule has 0 saturated carbocycles. The average molecular weight is 295 g/mol. The first-order valence-corrected chi connectivity index (χ1v) is 7.32. The Kier molecular flexibility index (Phi) is 3.58. The van der Waals surface area contributed by atoms with Crippen LogP contribution in [0.4, 0.5) is 10.5 Å². The van der Waals surface area contributed by atoms with Crippen molar-refractivity contribution in [3.8, 4) is 0 Å². The van der Waals surface area contributed by atoms with Crippen molar-refractivity contribution < 1.29 is 18.0 Å². The van der Waals surface area contributed by atoms with Crippen LogP contribution in [0.1, 0.15) is 11.1 Å². The van der Waals surface area contributed by atoms with Gasteiger partial charge in [0.15, 0.2) is 5.25 Å². The van der Waals surface area contributed by atoms with E-state index in [0.29, 0.717) is 5.69 Å². The van der Waals surface area contributed by atoms with Crippen molar-refractivity contribution in [1.29, 1.82) is 0 Å². The van der Waals surface area contributed by atoms with Crippen LogP contribution in [0.15, 0.2) is 23.2 Å². The van der Waals surface area contributed by atoms with E-state index in [0.717, 1.165) is 17.3 Å². The highest BCUT2D eigenvalue weighted by molar-refractivity contribution is 7.94. The quantitative estimate of drug-likeness (QED) is 0.857. The largest absolute Gasteiger partial charge is 0.347 e. The van der Waals surface area contributed by atoms with Crippen molar-refractivity contribution in [2.24, 2.45) is 4.99 Å². The maximum absolute atomic E-state index is 12.1. The lowest BCUT2D eigenvalue weighted by atomic mass is 10.1. The minimum absolute atomic E-state index is 0.353. The second-order valence-corrected chi connectivity index (χ2v) is 6.24. The van der Waals surface area contributed by atoms with Crippen LogP contribution >= 0.6 is 0 Å². The van der Waals surface area contributed by atoms with Gasteiger partial charge in [-0.1, -0.05) is 6.07 Å². The van der Waals surface area contributed by atoms with Gasteiger partial charge in [0, 0.05) is 11.9 Å². The number of aliphatic imine (C=N–C) groups is 1. The second-order valence-electron chi connectivity index (χ2n) is 4.44. The summed E-state index contributed by atoms with van der Waals surface area (Å²) in [6.07, 6.45) is 0.824. The van der Waals surface area contributed by atoms with E-state index in [2.05, 4.69) is 9.71 Å². The molecule has 20 heavy (non-hydrogen) atoms. The summed E-state index contributed by atoms with van der Waals surface area (Å²) < 4.78 is 26.5. The maximum Gasteiger partial charge on any atom is 0.347 e. The number of aryl methyl sites for hydroxylation is 2. The van der Waals surface area contributed by atoms with E-state index >= 15 is 0 Å². The first kappa shape index (κ1) is 14.2. The Morgan fingerprint density at radius 2 is 1.90 bits per heavy atom. The molecule has 7 nitrogen and oxygen atoms in total.